The van der Waals surface area contributed by atoms with E-state index >= 15 is 0 Å². The molecule has 0 bridgehead atoms. The molecule has 0 spiro atoms. The summed E-state index contributed by atoms with van der Waals surface area (Å²) in [6.07, 6.45) is 0. The van der Waals surface area contributed by atoms with Crippen molar-refractivity contribution >= 4 is 10.8 Å². The van der Waals surface area contributed by atoms with Crippen molar-refractivity contribution in [3.8, 4) is 17.2 Å². The first kappa shape index (κ1) is 18.1. The molecule has 3 aromatic carbocycles. The van der Waals surface area contributed by atoms with Crippen LogP contribution in [0.2, 0.25) is 0 Å². The summed E-state index contributed by atoms with van der Waals surface area (Å²) in [5.74, 6) is 1.98. The molecule has 0 heterocycles. The Hall–Kier alpha value is -2.72. The highest BCUT2D eigenvalue weighted by Gasteiger charge is 2.16. The maximum absolute atomic E-state index is 5.57. The van der Waals surface area contributed by atoms with Crippen LogP contribution in [0.1, 0.15) is 24.1 Å². The molecule has 1 atom stereocenters. The number of hydrogen-bond acceptors (Lipinski definition) is 4. The van der Waals surface area contributed by atoms with Gasteiger partial charge < -0.3 is 19.5 Å². The molecule has 0 fully saturated rings. The van der Waals surface area contributed by atoms with Gasteiger partial charge in [-0.25, -0.2) is 0 Å². The topological polar surface area (TPSA) is 39.7 Å². The van der Waals surface area contributed by atoms with Gasteiger partial charge >= 0.3 is 0 Å². The molecule has 1 N–H and O–H groups in total. The molecule has 4 heteroatoms. The first-order valence-electron chi connectivity index (χ1n) is 8.68. The van der Waals surface area contributed by atoms with Gasteiger partial charge in [0, 0.05) is 18.2 Å². The van der Waals surface area contributed by atoms with E-state index in [0.717, 1.165) is 5.56 Å². The lowest BCUT2D eigenvalue weighted by Crippen LogP contribution is -2.19. The summed E-state index contributed by atoms with van der Waals surface area (Å²) >= 11 is 0. The first-order valence-corrected chi connectivity index (χ1v) is 8.68. The molecule has 0 aromatic heterocycles. The molecule has 26 heavy (non-hydrogen) atoms. The van der Waals surface area contributed by atoms with Crippen LogP contribution in [0.15, 0.2) is 54.6 Å². The van der Waals surface area contributed by atoms with Crippen molar-refractivity contribution in [1.82, 2.24) is 5.32 Å². The summed E-state index contributed by atoms with van der Waals surface area (Å²) in [5.41, 5.74) is 2.31. The van der Waals surface area contributed by atoms with E-state index in [1.165, 1.54) is 16.3 Å². The Balaban J connectivity index is 1.84. The fourth-order valence-corrected chi connectivity index (χ4v) is 3.30. The molecule has 0 radical (unpaired) electrons. The minimum atomic E-state index is 0.193. The maximum Gasteiger partial charge on any atom is 0.203 e. The van der Waals surface area contributed by atoms with E-state index in [1.54, 1.807) is 21.3 Å². The summed E-state index contributed by atoms with van der Waals surface area (Å²) in [6, 6.07) is 19.0. The first-order chi connectivity index (χ1) is 12.7. The Labute approximate surface area is 154 Å². The number of nitrogens with one attached hydrogen (secondary N) is 1. The van der Waals surface area contributed by atoms with E-state index in [2.05, 4.69) is 54.7 Å². The molecule has 0 saturated carbocycles. The second-order valence-corrected chi connectivity index (χ2v) is 6.16. The molecule has 0 saturated heterocycles. The minimum absolute atomic E-state index is 0.193. The maximum atomic E-state index is 5.57. The summed E-state index contributed by atoms with van der Waals surface area (Å²) in [7, 11) is 4.89. The zero-order chi connectivity index (χ0) is 18.5. The summed E-state index contributed by atoms with van der Waals surface area (Å²) < 4.78 is 16.4. The Morgan fingerprint density at radius 2 is 1.54 bits per heavy atom. The third-order valence-corrected chi connectivity index (χ3v) is 4.67. The van der Waals surface area contributed by atoms with E-state index < -0.39 is 0 Å². The van der Waals surface area contributed by atoms with Crippen LogP contribution >= 0.6 is 0 Å². The molecule has 0 aliphatic heterocycles. The van der Waals surface area contributed by atoms with Crippen LogP contribution in [-0.4, -0.2) is 21.3 Å². The molecule has 0 aliphatic carbocycles. The molecule has 3 rings (SSSR count). The highest BCUT2D eigenvalue weighted by Crippen LogP contribution is 2.39. The van der Waals surface area contributed by atoms with E-state index in [-0.39, 0.29) is 6.04 Å². The minimum Gasteiger partial charge on any atom is -0.493 e. The fourth-order valence-electron chi connectivity index (χ4n) is 3.30. The van der Waals surface area contributed by atoms with E-state index in [1.807, 2.05) is 12.1 Å². The summed E-state index contributed by atoms with van der Waals surface area (Å²) in [6.45, 7) is 2.84. The number of benzene rings is 3. The lowest BCUT2D eigenvalue weighted by molar-refractivity contribution is 0.321. The molecule has 0 aliphatic rings. The van der Waals surface area contributed by atoms with Gasteiger partial charge in [0.1, 0.15) is 0 Å². The number of fused-ring (bicyclic) bond motifs is 1. The lowest BCUT2D eigenvalue weighted by atomic mass is 9.99. The van der Waals surface area contributed by atoms with Crippen molar-refractivity contribution in [3.63, 3.8) is 0 Å². The Bertz CT molecular complexity index is 886. The van der Waals surface area contributed by atoms with Gasteiger partial charge in [0.05, 0.1) is 21.3 Å². The Morgan fingerprint density at radius 1 is 0.808 bits per heavy atom. The normalized spacial score (nSPS) is 12.0. The zero-order valence-corrected chi connectivity index (χ0v) is 15.7. The van der Waals surface area contributed by atoms with Gasteiger partial charge in [-0.2, -0.15) is 0 Å². The van der Waals surface area contributed by atoms with Crippen LogP contribution < -0.4 is 19.5 Å². The van der Waals surface area contributed by atoms with E-state index in [0.29, 0.717) is 23.8 Å². The third kappa shape index (κ3) is 3.46. The van der Waals surface area contributed by atoms with Crippen LogP contribution in [0.3, 0.4) is 0 Å². The number of methoxy groups -OCH3 is 3. The molecule has 3 aromatic rings. The Kier molecular flexibility index (Phi) is 5.64. The lowest BCUT2D eigenvalue weighted by Gasteiger charge is -2.19. The monoisotopic (exact) mass is 351 g/mol. The number of rotatable bonds is 7. The average molecular weight is 351 g/mol. The average Bonchev–Trinajstić information content (AvgIpc) is 2.70. The smallest absolute Gasteiger partial charge is 0.203 e. The van der Waals surface area contributed by atoms with Crippen LogP contribution in [0, 0.1) is 0 Å². The SMILES string of the molecule is COc1ccc(CNC(C)c2cccc3ccccc23)c(OC)c1OC. The van der Waals surface area contributed by atoms with Crippen LogP contribution in [0.25, 0.3) is 10.8 Å². The van der Waals surface area contributed by atoms with Crippen LogP contribution in [0.5, 0.6) is 17.2 Å². The molecule has 136 valence electrons. The van der Waals surface area contributed by atoms with E-state index in [4.69, 9.17) is 14.2 Å². The van der Waals surface area contributed by atoms with Crippen molar-refractivity contribution < 1.29 is 14.2 Å². The zero-order valence-electron chi connectivity index (χ0n) is 15.7. The molecular weight excluding hydrogens is 326 g/mol. The van der Waals surface area contributed by atoms with Crippen LogP contribution in [-0.2, 0) is 6.54 Å². The molecule has 1 unspecified atom stereocenters. The highest BCUT2D eigenvalue weighted by atomic mass is 16.5. The van der Waals surface area contributed by atoms with Crippen LogP contribution in [0.4, 0.5) is 0 Å². The van der Waals surface area contributed by atoms with Gasteiger partial charge in [-0.05, 0) is 29.3 Å². The fraction of sp³-hybridized carbons (Fsp3) is 0.273. The van der Waals surface area contributed by atoms with Gasteiger partial charge in [-0.3, -0.25) is 0 Å². The highest BCUT2D eigenvalue weighted by molar-refractivity contribution is 5.86. The molecule has 4 nitrogen and oxygen atoms in total. The summed E-state index contributed by atoms with van der Waals surface area (Å²) in [4.78, 5) is 0. The second-order valence-electron chi connectivity index (χ2n) is 6.16. The predicted molar refractivity (Wildman–Crippen MR) is 105 cm³/mol. The quantitative estimate of drug-likeness (QED) is 0.669. The number of ether oxygens (including phenoxy) is 3. The van der Waals surface area contributed by atoms with E-state index in [9.17, 15) is 0 Å². The van der Waals surface area contributed by atoms with Gasteiger partial charge in [0.25, 0.3) is 0 Å². The van der Waals surface area contributed by atoms with Gasteiger partial charge in [-0.1, -0.05) is 48.5 Å². The van der Waals surface area contributed by atoms with Crippen molar-refractivity contribution in [2.24, 2.45) is 0 Å². The summed E-state index contributed by atoms with van der Waals surface area (Å²) in [5, 5.41) is 6.12. The molecule has 0 amide bonds. The van der Waals surface area contributed by atoms with Gasteiger partial charge in [-0.15, -0.1) is 0 Å². The second kappa shape index (κ2) is 8.11. The van der Waals surface area contributed by atoms with Gasteiger partial charge in [0.2, 0.25) is 5.75 Å². The van der Waals surface area contributed by atoms with Crippen molar-refractivity contribution in [3.05, 3.63) is 65.7 Å². The van der Waals surface area contributed by atoms with Crippen molar-refractivity contribution in [2.75, 3.05) is 21.3 Å². The molecular formula is C22H25NO3. The van der Waals surface area contributed by atoms with Gasteiger partial charge in [0.15, 0.2) is 11.5 Å². The Morgan fingerprint density at radius 3 is 2.27 bits per heavy atom. The third-order valence-electron chi connectivity index (χ3n) is 4.67. The number of hydrogen-bond donors (Lipinski definition) is 1. The predicted octanol–water partition coefficient (Wildman–Crippen LogP) is 4.72. The standard InChI is InChI=1S/C22H25NO3/c1-15(18-11-7-9-16-8-5-6-10-19(16)18)23-14-17-12-13-20(24-2)22(26-4)21(17)25-3/h5-13,15,23H,14H2,1-4H3. The largest absolute Gasteiger partial charge is 0.493 e. The van der Waals surface area contributed by atoms with Crippen molar-refractivity contribution in [2.45, 2.75) is 19.5 Å². The van der Waals surface area contributed by atoms with Crippen molar-refractivity contribution in [1.29, 1.82) is 0 Å².